The number of carbonyl (C=O) groups excluding carboxylic acids is 4. The molecule has 1 fully saturated rings. The van der Waals surface area contributed by atoms with Crippen LogP contribution in [0.25, 0.3) is 0 Å². The van der Waals surface area contributed by atoms with Gasteiger partial charge < -0.3 is 39.6 Å². The number of imidazole rings is 1. The Kier molecular flexibility index (Phi) is 12.4. The Bertz CT molecular complexity index is 1560. The van der Waals surface area contributed by atoms with Crippen LogP contribution in [0.1, 0.15) is 71.0 Å². The van der Waals surface area contributed by atoms with Crippen LogP contribution in [-0.4, -0.2) is 82.3 Å². The molecular formula is C36H48N6O7. The summed E-state index contributed by atoms with van der Waals surface area (Å²) in [5.74, 6) is -0.441. The molecule has 2 atom stereocenters. The average molecular weight is 677 g/mol. The number of nitrogens with one attached hydrogen (secondary N) is 3. The average Bonchev–Trinajstić information content (AvgIpc) is 3.51. The number of piperidine rings is 1. The number of methoxy groups -OCH3 is 1. The van der Waals surface area contributed by atoms with E-state index in [-0.39, 0.29) is 24.9 Å². The van der Waals surface area contributed by atoms with E-state index in [0.717, 1.165) is 30.4 Å². The molecule has 0 saturated carbocycles. The Morgan fingerprint density at radius 1 is 0.918 bits per heavy atom. The number of ether oxygens (including phenoxy) is 3. The molecular weight excluding hydrogens is 628 g/mol. The van der Waals surface area contributed by atoms with E-state index in [1.165, 1.54) is 20.2 Å². The number of carbonyl (C=O) groups is 4. The largest absolute Gasteiger partial charge is 0.497 e. The van der Waals surface area contributed by atoms with E-state index in [2.05, 4.69) is 20.9 Å². The molecule has 4 rings (SSSR count). The summed E-state index contributed by atoms with van der Waals surface area (Å²) < 4.78 is 18.1. The minimum absolute atomic E-state index is 0.0701. The predicted octanol–water partition coefficient (Wildman–Crippen LogP) is 4.44. The third kappa shape index (κ3) is 10.8. The second-order valence-electron chi connectivity index (χ2n) is 13.5. The number of amides is 4. The summed E-state index contributed by atoms with van der Waals surface area (Å²) in [6.45, 7) is 9.55. The van der Waals surface area contributed by atoms with Crippen LogP contribution in [0.15, 0.2) is 67.1 Å². The lowest BCUT2D eigenvalue weighted by atomic mass is 10.0. The first kappa shape index (κ1) is 36.9. The van der Waals surface area contributed by atoms with Crippen molar-refractivity contribution in [2.75, 3.05) is 32.1 Å². The van der Waals surface area contributed by atoms with Gasteiger partial charge in [0.05, 0.1) is 26.7 Å². The van der Waals surface area contributed by atoms with Gasteiger partial charge in [-0.3, -0.25) is 14.4 Å². The number of anilines is 1. The molecule has 2 heterocycles. The van der Waals surface area contributed by atoms with Crippen molar-refractivity contribution >= 4 is 29.6 Å². The molecule has 13 heteroatoms. The molecule has 4 amide bonds. The molecule has 3 aromatic rings. The molecule has 0 spiro atoms. The van der Waals surface area contributed by atoms with Crippen LogP contribution >= 0.6 is 0 Å². The predicted molar refractivity (Wildman–Crippen MR) is 184 cm³/mol. The third-order valence-electron chi connectivity index (χ3n) is 7.88. The van der Waals surface area contributed by atoms with E-state index in [9.17, 15) is 19.2 Å². The molecule has 49 heavy (non-hydrogen) atoms. The molecule has 2 aromatic carbocycles. The van der Waals surface area contributed by atoms with Gasteiger partial charge in [0.2, 0.25) is 11.8 Å². The topological polar surface area (TPSA) is 153 Å². The molecule has 0 radical (unpaired) electrons. The fourth-order valence-corrected chi connectivity index (χ4v) is 5.28. The summed E-state index contributed by atoms with van der Waals surface area (Å²) in [5.41, 5.74) is -0.562. The van der Waals surface area contributed by atoms with E-state index >= 15 is 0 Å². The van der Waals surface area contributed by atoms with Crippen molar-refractivity contribution in [3.8, 4) is 5.75 Å². The van der Waals surface area contributed by atoms with Crippen molar-refractivity contribution in [1.82, 2.24) is 25.1 Å². The summed E-state index contributed by atoms with van der Waals surface area (Å²) in [6.07, 6.45) is 5.28. The zero-order valence-corrected chi connectivity index (χ0v) is 29.2. The van der Waals surface area contributed by atoms with E-state index < -0.39 is 41.1 Å². The Hall–Kier alpha value is -4.91. The highest BCUT2D eigenvalue weighted by Gasteiger charge is 2.35. The third-order valence-corrected chi connectivity index (χ3v) is 7.88. The van der Waals surface area contributed by atoms with Gasteiger partial charge in [-0.15, -0.1) is 0 Å². The number of rotatable bonds is 13. The van der Waals surface area contributed by atoms with Crippen molar-refractivity contribution < 1.29 is 33.4 Å². The van der Waals surface area contributed by atoms with Crippen LogP contribution in [-0.2, 0) is 30.5 Å². The molecule has 1 aliphatic rings. The number of alkyl carbamates (subject to hydrolysis) is 1. The lowest BCUT2D eigenvalue weighted by Gasteiger charge is -2.31. The minimum atomic E-state index is -1.43. The van der Waals surface area contributed by atoms with Crippen molar-refractivity contribution in [2.24, 2.45) is 0 Å². The van der Waals surface area contributed by atoms with Gasteiger partial charge in [0, 0.05) is 19.3 Å². The van der Waals surface area contributed by atoms with Crippen LogP contribution < -0.4 is 20.7 Å². The molecule has 13 nitrogen and oxygen atoms in total. The maximum absolute atomic E-state index is 13.9. The Balaban J connectivity index is 1.52. The quantitative estimate of drug-likeness (QED) is 0.240. The highest BCUT2D eigenvalue weighted by Crippen LogP contribution is 2.26. The highest BCUT2D eigenvalue weighted by molar-refractivity contribution is 5.98. The zero-order chi connectivity index (χ0) is 35.6. The molecule has 0 bridgehead atoms. The van der Waals surface area contributed by atoms with E-state index in [1.807, 2.05) is 47.4 Å². The number of likely N-dealkylation sites (tertiary alicyclic amines) is 1. The molecule has 1 aromatic heterocycles. The van der Waals surface area contributed by atoms with Gasteiger partial charge in [0.25, 0.3) is 5.91 Å². The fourth-order valence-electron chi connectivity index (χ4n) is 5.28. The van der Waals surface area contributed by atoms with Crippen molar-refractivity contribution in [3.63, 3.8) is 0 Å². The second-order valence-corrected chi connectivity index (χ2v) is 13.5. The van der Waals surface area contributed by atoms with Crippen LogP contribution in [0.5, 0.6) is 5.75 Å². The van der Waals surface area contributed by atoms with Gasteiger partial charge in [0.15, 0.2) is 5.82 Å². The summed E-state index contributed by atoms with van der Waals surface area (Å²) in [6, 6.07) is 14.8. The molecule has 2 unspecified atom stereocenters. The normalized spacial score (nSPS) is 14.7. The van der Waals surface area contributed by atoms with Crippen molar-refractivity contribution in [3.05, 3.63) is 78.2 Å². The second kappa shape index (κ2) is 16.5. The van der Waals surface area contributed by atoms with Crippen molar-refractivity contribution in [1.29, 1.82) is 0 Å². The van der Waals surface area contributed by atoms with E-state index in [4.69, 9.17) is 14.2 Å². The van der Waals surface area contributed by atoms with Gasteiger partial charge in [0.1, 0.15) is 29.0 Å². The summed E-state index contributed by atoms with van der Waals surface area (Å²) in [7, 11) is 1.58. The van der Waals surface area contributed by atoms with Crippen LogP contribution in [0, 0.1) is 0 Å². The monoisotopic (exact) mass is 676 g/mol. The lowest BCUT2D eigenvalue weighted by molar-refractivity contribution is -0.134. The van der Waals surface area contributed by atoms with Gasteiger partial charge in [-0.1, -0.05) is 42.5 Å². The number of nitrogens with zero attached hydrogens (tertiary/aromatic N) is 3. The summed E-state index contributed by atoms with van der Waals surface area (Å²) >= 11 is 0. The SMILES string of the molecule is COc1ccc(C(C(=O)N2CCCCC2)n2cnc(NC(=O)C(COCc3ccccc3)NC(=O)C(C)(C)NC(=O)OC(C)(C)C)c2)cc1. The summed E-state index contributed by atoms with van der Waals surface area (Å²) in [5, 5.41) is 8.03. The molecule has 1 saturated heterocycles. The van der Waals surface area contributed by atoms with Crippen LogP contribution in [0.2, 0.25) is 0 Å². The first-order valence-corrected chi connectivity index (χ1v) is 16.5. The Morgan fingerprint density at radius 2 is 1.59 bits per heavy atom. The fraction of sp³-hybridized carbons (Fsp3) is 0.472. The van der Waals surface area contributed by atoms with Crippen LogP contribution in [0.3, 0.4) is 0 Å². The smallest absolute Gasteiger partial charge is 0.408 e. The first-order chi connectivity index (χ1) is 23.3. The number of aromatic nitrogens is 2. The van der Waals surface area contributed by atoms with Crippen LogP contribution in [0.4, 0.5) is 10.6 Å². The molecule has 0 aliphatic carbocycles. The highest BCUT2D eigenvalue weighted by atomic mass is 16.6. The van der Waals surface area contributed by atoms with Gasteiger partial charge in [-0.2, -0.15) is 0 Å². The van der Waals surface area contributed by atoms with Gasteiger partial charge >= 0.3 is 6.09 Å². The molecule has 264 valence electrons. The van der Waals surface area contributed by atoms with Crippen molar-refractivity contribution in [2.45, 2.75) is 83.7 Å². The maximum atomic E-state index is 13.9. The first-order valence-electron chi connectivity index (χ1n) is 16.5. The summed E-state index contributed by atoms with van der Waals surface area (Å²) in [4.78, 5) is 59.6. The Morgan fingerprint density at radius 3 is 2.22 bits per heavy atom. The van der Waals surface area contributed by atoms with Gasteiger partial charge in [-0.05, 0) is 77.1 Å². The molecule has 3 N–H and O–H groups in total. The standard InChI is InChI=1S/C36H48N6O7/c1-35(2,3)49-34(46)40-36(4,5)33(45)38-28(23-48-22-25-13-9-7-10-14-25)31(43)39-29-21-42(24-37-29)30(26-15-17-27(47-6)18-16-26)32(44)41-19-11-8-12-20-41/h7,9-10,13-18,21,24,28,30H,8,11-12,19-20,22-23H2,1-6H3,(H,38,45)(H,39,43)(H,40,46). The van der Waals surface area contributed by atoms with E-state index in [1.54, 1.807) is 50.8 Å². The lowest BCUT2D eigenvalue weighted by Crippen LogP contribution is -2.59. The number of hydrogen-bond acceptors (Lipinski definition) is 8. The van der Waals surface area contributed by atoms with E-state index in [0.29, 0.717) is 18.8 Å². The zero-order valence-electron chi connectivity index (χ0n) is 29.2. The van der Waals surface area contributed by atoms with Gasteiger partial charge in [-0.25, -0.2) is 9.78 Å². The molecule has 1 aliphatic heterocycles. The Labute approximate surface area is 287 Å². The maximum Gasteiger partial charge on any atom is 0.408 e. The number of benzene rings is 2. The number of hydrogen-bond donors (Lipinski definition) is 3. The minimum Gasteiger partial charge on any atom is -0.497 e.